The van der Waals surface area contributed by atoms with Crippen molar-refractivity contribution in [3.8, 4) is 0 Å². The van der Waals surface area contributed by atoms with E-state index in [0.29, 0.717) is 13.1 Å². The molecule has 0 bridgehead atoms. The van der Waals surface area contributed by atoms with E-state index in [1.807, 2.05) is 42.5 Å². The van der Waals surface area contributed by atoms with Gasteiger partial charge >= 0.3 is 5.97 Å². The molecule has 1 heterocycles. The summed E-state index contributed by atoms with van der Waals surface area (Å²) in [6.45, 7) is 1.09. The molecule has 1 fully saturated rings. The van der Waals surface area contributed by atoms with Crippen LogP contribution in [0.2, 0.25) is 0 Å². The van der Waals surface area contributed by atoms with E-state index in [4.69, 9.17) is 21.7 Å². The van der Waals surface area contributed by atoms with Crippen molar-refractivity contribution in [3.05, 3.63) is 54.1 Å². The fraction of sp³-hybridized carbons (Fsp3) is 0.304. The summed E-state index contributed by atoms with van der Waals surface area (Å²) in [6, 6.07) is 12.9. The maximum absolute atomic E-state index is 12.5. The Kier molecular flexibility index (Phi) is 8.29. The molecule has 1 atom stereocenters. The van der Waals surface area contributed by atoms with Crippen LogP contribution in [0, 0.1) is 0 Å². The Bertz CT molecular complexity index is 1030. The van der Waals surface area contributed by atoms with Gasteiger partial charge in [0, 0.05) is 26.3 Å². The lowest BCUT2D eigenvalue weighted by molar-refractivity contribution is -0.148. The second-order valence-corrected chi connectivity index (χ2v) is 7.50. The van der Waals surface area contributed by atoms with Gasteiger partial charge in [-0.3, -0.25) is 19.7 Å². The van der Waals surface area contributed by atoms with Gasteiger partial charge in [-0.25, -0.2) is 0 Å². The number of amides is 2. The maximum Gasteiger partial charge on any atom is 0.308 e. The normalized spacial score (nSPS) is 16.1. The molecule has 2 N–H and O–H groups in total. The number of rotatable bonds is 7. The zero-order chi connectivity index (χ0) is 22.9. The summed E-state index contributed by atoms with van der Waals surface area (Å²) in [5.74, 6) is -1.31. The Hall–Kier alpha value is -3.30. The molecule has 2 amide bonds. The molecular formula is C23H25N3O5S. The Morgan fingerprint density at radius 3 is 2.81 bits per heavy atom. The predicted octanol–water partition coefficient (Wildman–Crippen LogP) is 1.63. The van der Waals surface area contributed by atoms with E-state index < -0.39 is 17.9 Å². The molecule has 2 aromatic rings. The minimum absolute atomic E-state index is 0.0853. The summed E-state index contributed by atoms with van der Waals surface area (Å²) in [5, 5.41) is 7.52. The highest BCUT2D eigenvalue weighted by Crippen LogP contribution is 2.19. The van der Waals surface area contributed by atoms with Crippen molar-refractivity contribution in [3.63, 3.8) is 0 Å². The molecule has 1 aliphatic heterocycles. The molecule has 1 aliphatic rings. The largest absolute Gasteiger partial charge is 0.463 e. The number of methoxy groups -OCH3 is 1. The number of ether oxygens (including phenoxy) is 2. The van der Waals surface area contributed by atoms with Gasteiger partial charge in [0.15, 0.2) is 5.11 Å². The van der Waals surface area contributed by atoms with Crippen LogP contribution in [-0.2, 0) is 23.9 Å². The Balaban J connectivity index is 1.63. The van der Waals surface area contributed by atoms with Gasteiger partial charge in [0.05, 0.1) is 13.0 Å². The number of hydrogen-bond acceptors (Lipinski definition) is 6. The molecule has 2 aromatic carbocycles. The van der Waals surface area contributed by atoms with Gasteiger partial charge in [0.25, 0.3) is 0 Å². The number of benzene rings is 2. The quantitative estimate of drug-likeness (QED) is 0.284. The van der Waals surface area contributed by atoms with Crippen molar-refractivity contribution in [2.24, 2.45) is 0 Å². The third-order valence-corrected chi connectivity index (χ3v) is 5.31. The highest BCUT2D eigenvalue weighted by molar-refractivity contribution is 7.80. The van der Waals surface area contributed by atoms with E-state index in [0.717, 1.165) is 16.3 Å². The van der Waals surface area contributed by atoms with E-state index in [1.54, 1.807) is 6.08 Å². The first-order valence-corrected chi connectivity index (χ1v) is 10.6. The van der Waals surface area contributed by atoms with Crippen molar-refractivity contribution in [2.75, 3.05) is 33.4 Å². The second-order valence-electron chi connectivity index (χ2n) is 7.11. The standard InChI is InChI=1S/C23H25N3O5S/c1-30-13-14-31-21(28)15-19-22(29)24-11-12-26(19)23(32)25-20(27)10-9-17-7-4-6-16-5-2-3-8-18(16)17/h2-10,19H,11-15H2,1H3,(H,24,29)(H,25,27,32). The van der Waals surface area contributed by atoms with Crippen LogP contribution >= 0.6 is 12.2 Å². The second kappa shape index (κ2) is 11.4. The van der Waals surface area contributed by atoms with Gasteiger partial charge < -0.3 is 19.7 Å². The maximum atomic E-state index is 12.5. The summed E-state index contributed by atoms with van der Waals surface area (Å²) in [6.07, 6.45) is 2.93. The topological polar surface area (TPSA) is 97.0 Å². The van der Waals surface area contributed by atoms with Crippen LogP contribution in [0.25, 0.3) is 16.8 Å². The predicted molar refractivity (Wildman–Crippen MR) is 125 cm³/mol. The van der Waals surface area contributed by atoms with Gasteiger partial charge in [0.1, 0.15) is 12.6 Å². The van der Waals surface area contributed by atoms with E-state index in [2.05, 4.69) is 10.6 Å². The van der Waals surface area contributed by atoms with Crippen molar-refractivity contribution in [1.29, 1.82) is 0 Å². The van der Waals surface area contributed by atoms with Gasteiger partial charge in [-0.1, -0.05) is 42.5 Å². The summed E-state index contributed by atoms with van der Waals surface area (Å²) >= 11 is 5.36. The van der Waals surface area contributed by atoms with Gasteiger partial charge in [-0.2, -0.15) is 0 Å². The molecule has 0 aromatic heterocycles. The monoisotopic (exact) mass is 455 g/mol. The van der Waals surface area contributed by atoms with E-state index in [9.17, 15) is 14.4 Å². The van der Waals surface area contributed by atoms with Crippen LogP contribution < -0.4 is 10.6 Å². The number of carbonyl (C=O) groups excluding carboxylic acids is 3. The number of thiocarbonyl (C=S) groups is 1. The van der Waals surface area contributed by atoms with Crippen LogP contribution in [0.15, 0.2) is 48.5 Å². The summed E-state index contributed by atoms with van der Waals surface area (Å²) in [5.41, 5.74) is 0.901. The lowest BCUT2D eigenvalue weighted by Crippen LogP contribution is -2.60. The molecular weight excluding hydrogens is 430 g/mol. The molecule has 1 unspecified atom stereocenters. The third-order valence-electron chi connectivity index (χ3n) is 4.97. The first-order chi connectivity index (χ1) is 15.5. The number of piperazine rings is 1. The van der Waals surface area contributed by atoms with Gasteiger partial charge in [0.2, 0.25) is 11.8 Å². The Morgan fingerprint density at radius 2 is 2.00 bits per heavy atom. The molecule has 32 heavy (non-hydrogen) atoms. The van der Waals surface area contributed by atoms with Crippen molar-refractivity contribution in [1.82, 2.24) is 15.5 Å². The van der Waals surface area contributed by atoms with Crippen LogP contribution in [0.5, 0.6) is 0 Å². The van der Waals surface area contributed by atoms with E-state index >= 15 is 0 Å². The average Bonchev–Trinajstić information content (AvgIpc) is 2.79. The molecule has 168 valence electrons. The first kappa shape index (κ1) is 23.4. The minimum atomic E-state index is -0.853. The fourth-order valence-corrected chi connectivity index (χ4v) is 3.72. The SMILES string of the molecule is COCCOC(=O)CC1C(=O)NCCN1C(=S)NC(=O)C=Cc1cccc2ccccc12. The number of carbonyl (C=O) groups is 3. The lowest BCUT2D eigenvalue weighted by Gasteiger charge is -2.36. The molecule has 0 spiro atoms. The number of fused-ring (bicyclic) bond motifs is 1. The van der Waals surface area contributed by atoms with Crippen LogP contribution in [0.1, 0.15) is 12.0 Å². The highest BCUT2D eigenvalue weighted by atomic mass is 32.1. The van der Waals surface area contributed by atoms with E-state index in [-0.39, 0.29) is 30.7 Å². The summed E-state index contributed by atoms with van der Waals surface area (Å²) in [4.78, 5) is 38.4. The van der Waals surface area contributed by atoms with Crippen molar-refractivity contribution >= 4 is 52.0 Å². The minimum Gasteiger partial charge on any atom is -0.463 e. The highest BCUT2D eigenvalue weighted by Gasteiger charge is 2.34. The number of nitrogens with one attached hydrogen (secondary N) is 2. The number of esters is 1. The van der Waals surface area contributed by atoms with Gasteiger partial charge in [-0.15, -0.1) is 0 Å². The Morgan fingerprint density at radius 1 is 1.22 bits per heavy atom. The molecule has 0 radical (unpaired) electrons. The summed E-state index contributed by atoms with van der Waals surface area (Å²) < 4.78 is 9.90. The Labute approximate surface area is 191 Å². The third kappa shape index (κ3) is 6.12. The molecule has 0 aliphatic carbocycles. The fourth-order valence-electron chi connectivity index (χ4n) is 3.40. The number of nitrogens with zero attached hydrogens (tertiary/aromatic N) is 1. The molecule has 3 rings (SSSR count). The van der Waals surface area contributed by atoms with E-state index in [1.165, 1.54) is 18.1 Å². The lowest BCUT2D eigenvalue weighted by atomic mass is 10.0. The first-order valence-electron chi connectivity index (χ1n) is 10.2. The van der Waals surface area contributed by atoms with Gasteiger partial charge in [-0.05, 0) is 34.6 Å². The van der Waals surface area contributed by atoms with Crippen LogP contribution in [0.4, 0.5) is 0 Å². The van der Waals surface area contributed by atoms with Crippen molar-refractivity contribution in [2.45, 2.75) is 12.5 Å². The average molecular weight is 456 g/mol. The smallest absolute Gasteiger partial charge is 0.308 e. The molecule has 8 nitrogen and oxygen atoms in total. The van der Waals surface area contributed by atoms with Crippen LogP contribution in [0.3, 0.4) is 0 Å². The van der Waals surface area contributed by atoms with Crippen LogP contribution in [-0.4, -0.2) is 67.3 Å². The molecule has 9 heteroatoms. The molecule has 1 saturated heterocycles. The summed E-state index contributed by atoms with van der Waals surface area (Å²) in [7, 11) is 1.50. The zero-order valence-electron chi connectivity index (χ0n) is 17.7. The number of hydrogen-bond donors (Lipinski definition) is 2. The zero-order valence-corrected chi connectivity index (χ0v) is 18.5. The molecule has 0 saturated carbocycles. The van der Waals surface area contributed by atoms with Crippen molar-refractivity contribution < 1.29 is 23.9 Å².